The van der Waals surface area contributed by atoms with Crippen molar-refractivity contribution in [2.75, 3.05) is 4.90 Å². The van der Waals surface area contributed by atoms with E-state index >= 15 is 0 Å². The molecular formula is C22H20N4. The van der Waals surface area contributed by atoms with Gasteiger partial charge in [-0.05, 0) is 36.8 Å². The van der Waals surface area contributed by atoms with Crippen LogP contribution in [0.2, 0.25) is 0 Å². The lowest BCUT2D eigenvalue weighted by molar-refractivity contribution is 0.650. The van der Waals surface area contributed by atoms with Crippen molar-refractivity contribution >= 4 is 17.2 Å². The van der Waals surface area contributed by atoms with E-state index < -0.39 is 0 Å². The molecule has 0 atom stereocenters. The predicted molar refractivity (Wildman–Crippen MR) is 105 cm³/mol. The molecule has 0 spiro atoms. The minimum atomic E-state index is 0.699. The molecule has 26 heavy (non-hydrogen) atoms. The van der Waals surface area contributed by atoms with Crippen LogP contribution >= 0.6 is 0 Å². The predicted octanol–water partition coefficient (Wildman–Crippen LogP) is 5.10. The van der Waals surface area contributed by atoms with Crippen molar-refractivity contribution in [2.45, 2.75) is 13.5 Å². The molecule has 0 aliphatic heterocycles. The van der Waals surface area contributed by atoms with E-state index in [4.69, 9.17) is 0 Å². The number of nitrogens with zero attached hydrogens (tertiary/aromatic N) is 4. The van der Waals surface area contributed by atoms with Gasteiger partial charge < -0.3 is 0 Å². The third kappa shape index (κ3) is 3.49. The Kier molecular flexibility index (Phi) is 4.48. The Balaban J connectivity index is 1.69. The van der Waals surface area contributed by atoms with Crippen LogP contribution in [0.25, 0.3) is 0 Å². The molecule has 4 aromatic rings. The summed E-state index contributed by atoms with van der Waals surface area (Å²) in [5.74, 6) is 0.802. The van der Waals surface area contributed by atoms with E-state index in [1.807, 2.05) is 47.3 Å². The molecule has 0 bridgehead atoms. The van der Waals surface area contributed by atoms with Gasteiger partial charge in [0.25, 0.3) is 0 Å². The second-order valence-electron chi connectivity index (χ2n) is 6.27. The molecule has 4 nitrogen and oxygen atoms in total. The van der Waals surface area contributed by atoms with Crippen LogP contribution < -0.4 is 4.90 Å². The second kappa shape index (κ2) is 7.23. The minimum Gasteiger partial charge on any atom is -0.292 e. The first kappa shape index (κ1) is 16.1. The van der Waals surface area contributed by atoms with Crippen LogP contribution in [0.1, 0.15) is 11.1 Å². The number of hydrogen-bond acceptors (Lipinski definition) is 3. The molecule has 1 heterocycles. The molecule has 0 N–H and O–H groups in total. The molecule has 0 saturated heterocycles. The third-order valence-electron chi connectivity index (χ3n) is 4.25. The highest BCUT2D eigenvalue weighted by Gasteiger charge is 2.15. The summed E-state index contributed by atoms with van der Waals surface area (Å²) in [6.07, 6.45) is 1.99. The SMILES string of the molecule is Cc1ccc(N(c2ccccc2)c2cn(Cc3ccccc3)nn2)cc1. The van der Waals surface area contributed by atoms with Crippen LogP contribution in [-0.4, -0.2) is 15.0 Å². The highest BCUT2D eigenvalue weighted by molar-refractivity contribution is 5.73. The van der Waals surface area contributed by atoms with E-state index in [1.165, 1.54) is 11.1 Å². The molecule has 0 aliphatic carbocycles. The number of hydrogen-bond donors (Lipinski definition) is 0. The third-order valence-corrected chi connectivity index (χ3v) is 4.25. The fourth-order valence-electron chi connectivity index (χ4n) is 2.92. The monoisotopic (exact) mass is 340 g/mol. The Hall–Kier alpha value is -3.40. The average molecular weight is 340 g/mol. The van der Waals surface area contributed by atoms with Crippen LogP contribution in [0.3, 0.4) is 0 Å². The van der Waals surface area contributed by atoms with Crippen molar-refractivity contribution in [3.8, 4) is 0 Å². The van der Waals surface area contributed by atoms with Crippen LogP contribution in [0, 0.1) is 6.92 Å². The first-order chi connectivity index (χ1) is 12.8. The van der Waals surface area contributed by atoms with E-state index in [0.717, 1.165) is 17.2 Å². The average Bonchev–Trinajstić information content (AvgIpc) is 3.13. The summed E-state index contributed by atoms with van der Waals surface area (Å²) < 4.78 is 1.87. The topological polar surface area (TPSA) is 34.0 Å². The molecule has 128 valence electrons. The number of rotatable bonds is 5. The fourth-order valence-corrected chi connectivity index (χ4v) is 2.92. The first-order valence-corrected chi connectivity index (χ1v) is 8.65. The molecule has 0 amide bonds. The summed E-state index contributed by atoms with van der Waals surface area (Å²) in [4.78, 5) is 2.12. The van der Waals surface area contributed by atoms with Crippen molar-refractivity contribution < 1.29 is 0 Å². The van der Waals surface area contributed by atoms with Crippen LogP contribution in [-0.2, 0) is 6.54 Å². The summed E-state index contributed by atoms with van der Waals surface area (Å²) in [6.45, 7) is 2.79. The quantitative estimate of drug-likeness (QED) is 0.506. The first-order valence-electron chi connectivity index (χ1n) is 8.65. The lowest BCUT2D eigenvalue weighted by Gasteiger charge is -2.22. The maximum Gasteiger partial charge on any atom is 0.180 e. The number of aromatic nitrogens is 3. The smallest absolute Gasteiger partial charge is 0.180 e. The van der Waals surface area contributed by atoms with Gasteiger partial charge in [0.05, 0.1) is 12.7 Å². The second-order valence-corrected chi connectivity index (χ2v) is 6.27. The van der Waals surface area contributed by atoms with E-state index in [2.05, 4.69) is 70.7 Å². The summed E-state index contributed by atoms with van der Waals surface area (Å²) in [7, 11) is 0. The lowest BCUT2D eigenvalue weighted by Crippen LogP contribution is -2.10. The number of aryl methyl sites for hydroxylation is 1. The Bertz CT molecular complexity index is 960. The molecule has 0 saturated carbocycles. The van der Waals surface area contributed by atoms with Crippen molar-refractivity contribution in [3.05, 3.63) is 102 Å². The molecule has 3 aromatic carbocycles. The molecule has 1 aromatic heterocycles. The van der Waals surface area contributed by atoms with Gasteiger partial charge >= 0.3 is 0 Å². The van der Waals surface area contributed by atoms with Gasteiger partial charge in [-0.3, -0.25) is 4.90 Å². The Morgan fingerprint density at radius 2 is 1.38 bits per heavy atom. The normalized spacial score (nSPS) is 10.7. The van der Waals surface area contributed by atoms with Gasteiger partial charge in [0, 0.05) is 11.4 Å². The summed E-state index contributed by atoms with van der Waals surface area (Å²) in [6, 6.07) is 29.0. The minimum absolute atomic E-state index is 0.699. The summed E-state index contributed by atoms with van der Waals surface area (Å²) in [5.41, 5.74) is 4.55. The van der Waals surface area contributed by atoms with Gasteiger partial charge in [-0.2, -0.15) is 0 Å². The van der Waals surface area contributed by atoms with Crippen LogP contribution in [0.5, 0.6) is 0 Å². The zero-order valence-electron chi connectivity index (χ0n) is 14.7. The molecule has 0 radical (unpaired) electrons. The van der Waals surface area contributed by atoms with Gasteiger partial charge in [-0.25, -0.2) is 4.68 Å². The van der Waals surface area contributed by atoms with E-state index in [9.17, 15) is 0 Å². The van der Waals surface area contributed by atoms with Crippen LogP contribution in [0.4, 0.5) is 17.2 Å². The lowest BCUT2D eigenvalue weighted by atomic mass is 10.2. The van der Waals surface area contributed by atoms with Crippen molar-refractivity contribution in [3.63, 3.8) is 0 Å². The van der Waals surface area contributed by atoms with Gasteiger partial charge in [0.2, 0.25) is 0 Å². The summed E-state index contributed by atoms with van der Waals surface area (Å²) >= 11 is 0. The highest BCUT2D eigenvalue weighted by atomic mass is 15.5. The largest absolute Gasteiger partial charge is 0.292 e. The van der Waals surface area contributed by atoms with Crippen LogP contribution in [0.15, 0.2) is 91.1 Å². The zero-order valence-corrected chi connectivity index (χ0v) is 14.7. The van der Waals surface area contributed by atoms with Crippen molar-refractivity contribution in [1.29, 1.82) is 0 Å². The standard InChI is InChI=1S/C22H20N4/c1-18-12-14-21(15-13-18)26(20-10-6-3-7-11-20)22-17-25(24-23-22)16-19-8-4-2-5-9-19/h2-15,17H,16H2,1H3. The Labute approximate surface area is 153 Å². The molecule has 0 unspecified atom stereocenters. The number of benzene rings is 3. The van der Waals surface area contributed by atoms with E-state index in [-0.39, 0.29) is 0 Å². The molecule has 0 aliphatic rings. The maximum atomic E-state index is 4.43. The highest BCUT2D eigenvalue weighted by Crippen LogP contribution is 2.32. The van der Waals surface area contributed by atoms with Gasteiger partial charge in [0.1, 0.15) is 0 Å². The Morgan fingerprint density at radius 1 is 0.769 bits per heavy atom. The number of para-hydroxylation sites is 1. The van der Waals surface area contributed by atoms with Gasteiger partial charge in [-0.15, -0.1) is 5.10 Å². The van der Waals surface area contributed by atoms with E-state index in [0.29, 0.717) is 6.54 Å². The van der Waals surface area contributed by atoms with Crippen molar-refractivity contribution in [2.24, 2.45) is 0 Å². The van der Waals surface area contributed by atoms with E-state index in [1.54, 1.807) is 0 Å². The van der Waals surface area contributed by atoms with Gasteiger partial charge in [-0.1, -0.05) is 71.4 Å². The fraction of sp³-hybridized carbons (Fsp3) is 0.0909. The summed E-state index contributed by atoms with van der Waals surface area (Å²) in [5, 5.41) is 8.75. The molecular weight excluding hydrogens is 320 g/mol. The molecule has 4 heteroatoms. The molecule has 0 fully saturated rings. The maximum absolute atomic E-state index is 4.43. The Morgan fingerprint density at radius 3 is 2.08 bits per heavy atom. The number of anilines is 3. The van der Waals surface area contributed by atoms with Gasteiger partial charge in [0.15, 0.2) is 5.82 Å². The zero-order chi connectivity index (χ0) is 17.8. The van der Waals surface area contributed by atoms with Crippen molar-refractivity contribution in [1.82, 2.24) is 15.0 Å². The molecule has 4 rings (SSSR count).